The smallest absolute Gasteiger partial charge is 0.197 e. The lowest BCUT2D eigenvalue weighted by Gasteiger charge is -2.34. The second kappa shape index (κ2) is 5.87. The predicted octanol–water partition coefficient (Wildman–Crippen LogP) is 3.62. The Hall–Kier alpha value is -0.490. The molecule has 1 saturated heterocycles. The summed E-state index contributed by atoms with van der Waals surface area (Å²) in [5, 5.41) is -0.0934. The Morgan fingerprint density at radius 2 is 2.11 bits per heavy atom. The molecule has 1 aliphatic rings. The highest BCUT2D eigenvalue weighted by molar-refractivity contribution is 9.10. The molecule has 1 heterocycles. The third-order valence-electron chi connectivity index (χ3n) is 3.38. The Labute approximate surface area is 124 Å². The highest BCUT2D eigenvalue weighted by atomic mass is 79.9. The van der Waals surface area contributed by atoms with Crippen molar-refractivity contribution in [3.05, 3.63) is 33.0 Å². The van der Waals surface area contributed by atoms with Gasteiger partial charge in [-0.05, 0) is 28.1 Å². The monoisotopic (exact) mass is 350 g/mol. The maximum atomic E-state index is 14.1. The summed E-state index contributed by atoms with van der Waals surface area (Å²) in [4.78, 5) is 12.5. The summed E-state index contributed by atoms with van der Waals surface area (Å²) >= 11 is 8.94. The fourth-order valence-corrected chi connectivity index (χ4v) is 2.64. The van der Waals surface area contributed by atoms with Crippen LogP contribution in [0.1, 0.15) is 23.2 Å². The minimum absolute atomic E-state index is 0.0445. The number of methoxy groups -OCH3 is 1. The zero-order chi connectivity index (χ0) is 14.0. The normalized spacial score (nSPS) is 18.3. The van der Waals surface area contributed by atoms with Crippen molar-refractivity contribution in [2.45, 2.75) is 18.4 Å². The van der Waals surface area contributed by atoms with Crippen molar-refractivity contribution in [1.29, 1.82) is 0 Å². The lowest BCUT2D eigenvalue weighted by atomic mass is 9.85. The molecule has 0 bridgehead atoms. The van der Waals surface area contributed by atoms with E-state index in [0.29, 0.717) is 30.5 Å². The van der Waals surface area contributed by atoms with Gasteiger partial charge in [-0.25, -0.2) is 4.39 Å². The van der Waals surface area contributed by atoms with E-state index in [9.17, 15) is 9.18 Å². The third kappa shape index (κ3) is 2.70. The Morgan fingerprint density at radius 3 is 2.68 bits per heavy atom. The SMILES string of the molecule is COC1(C(=O)c2ccc(Br)c(Cl)c2F)CCOCC1. The number of rotatable bonds is 3. The molecule has 0 saturated carbocycles. The number of halogens is 3. The van der Waals surface area contributed by atoms with Crippen molar-refractivity contribution in [1.82, 2.24) is 0 Å². The second-order valence-electron chi connectivity index (χ2n) is 4.36. The predicted molar refractivity (Wildman–Crippen MR) is 73.2 cm³/mol. The molecule has 0 atom stereocenters. The van der Waals surface area contributed by atoms with E-state index in [2.05, 4.69) is 15.9 Å². The first kappa shape index (κ1) is 14.9. The maximum Gasteiger partial charge on any atom is 0.197 e. The van der Waals surface area contributed by atoms with Gasteiger partial charge in [0.15, 0.2) is 11.6 Å². The molecular weight excluding hydrogens is 338 g/mol. The van der Waals surface area contributed by atoms with Crippen LogP contribution in [0, 0.1) is 5.82 Å². The first-order chi connectivity index (χ1) is 9.02. The van der Waals surface area contributed by atoms with Gasteiger partial charge in [0, 0.05) is 37.6 Å². The molecule has 0 unspecified atom stereocenters. The minimum atomic E-state index is -1.02. The molecule has 0 N–H and O–H groups in total. The number of Topliss-reactive ketones (excluding diaryl/α,β-unsaturated/α-hetero) is 1. The quantitative estimate of drug-likeness (QED) is 0.616. The molecule has 1 aromatic carbocycles. The van der Waals surface area contributed by atoms with E-state index < -0.39 is 11.4 Å². The number of carbonyl (C=O) groups is 1. The first-order valence-electron chi connectivity index (χ1n) is 5.83. The summed E-state index contributed by atoms with van der Waals surface area (Å²) in [5.41, 5.74) is -1.06. The Bertz CT molecular complexity index is 501. The van der Waals surface area contributed by atoms with Crippen LogP contribution >= 0.6 is 27.5 Å². The Balaban J connectivity index is 2.40. The average molecular weight is 352 g/mol. The van der Waals surface area contributed by atoms with Crippen LogP contribution in [0.5, 0.6) is 0 Å². The number of hydrogen-bond acceptors (Lipinski definition) is 3. The van der Waals surface area contributed by atoms with Crippen molar-refractivity contribution in [3.63, 3.8) is 0 Å². The van der Waals surface area contributed by atoms with Crippen LogP contribution in [0.25, 0.3) is 0 Å². The highest BCUT2D eigenvalue weighted by Gasteiger charge is 2.42. The van der Waals surface area contributed by atoms with Crippen LogP contribution in [0.15, 0.2) is 16.6 Å². The van der Waals surface area contributed by atoms with E-state index in [-0.39, 0.29) is 16.4 Å². The Kier molecular flexibility index (Phi) is 4.61. The van der Waals surface area contributed by atoms with Gasteiger partial charge in [0.05, 0.1) is 10.6 Å². The van der Waals surface area contributed by atoms with Crippen LogP contribution in [0.4, 0.5) is 4.39 Å². The number of carbonyl (C=O) groups excluding carboxylic acids is 1. The van der Waals surface area contributed by atoms with Crippen LogP contribution in [0.3, 0.4) is 0 Å². The molecule has 0 aliphatic carbocycles. The van der Waals surface area contributed by atoms with E-state index >= 15 is 0 Å². The van der Waals surface area contributed by atoms with Gasteiger partial charge in [-0.1, -0.05) is 11.6 Å². The summed E-state index contributed by atoms with van der Waals surface area (Å²) in [7, 11) is 1.46. The van der Waals surface area contributed by atoms with Gasteiger partial charge in [0.1, 0.15) is 5.60 Å². The van der Waals surface area contributed by atoms with Crippen LogP contribution in [0.2, 0.25) is 5.02 Å². The van der Waals surface area contributed by atoms with Gasteiger partial charge in [0.2, 0.25) is 0 Å². The summed E-state index contributed by atoms with van der Waals surface area (Å²) in [6, 6.07) is 2.98. The topological polar surface area (TPSA) is 35.5 Å². The van der Waals surface area contributed by atoms with Crippen molar-refractivity contribution in [3.8, 4) is 0 Å². The van der Waals surface area contributed by atoms with Crippen LogP contribution in [-0.4, -0.2) is 31.7 Å². The standard InChI is InChI=1S/C13H13BrClFO3/c1-18-13(4-6-19-7-5-13)12(17)8-2-3-9(14)10(15)11(8)16/h2-3H,4-7H2,1H3. The maximum absolute atomic E-state index is 14.1. The average Bonchev–Trinajstić information content (AvgIpc) is 2.45. The van der Waals surface area contributed by atoms with Crippen molar-refractivity contribution >= 4 is 33.3 Å². The minimum Gasteiger partial charge on any atom is -0.381 e. The molecule has 0 amide bonds. The van der Waals surface area contributed by atoms with Gasteiger partial charge in [-0.3, -0.25) is 4.79 Å². The van der Waals surface area contributed by atoms with Crippen LogP contribution < -0.4 is 0 Å². The number of ketones is 1. The summed E-state index contributed by atoms with van der Waals surface area (Å²) in [6.45, 7) is 0.844. The van der Waals surface area contributed by atoms with Gasteiger partial charge >= 0.3 is 0 Å². The molecule has 104 valence electrons. The van der Waals surface area contributed by atoms with Gasteiger partial charge in [-0.2, -0.15) is 0 Å². The molecular formula is C13H13BrClFO3. The van der Waals surface area contributed by atoms with Gasteiger partial charge in [0.25, 0.3) is 0 Å². The van der Waals surface area contributed by atoms with Crippen molar-refractivity contribution in [2.75, 3.05) is 20.3 Å². The fourth-order valence-electron chi connectivity index (χ4n) is 2.17. The van der Waals surface area contributed by atoms with E-state index in [4.69, 9.17) is 21.1 Å². The van der Waals surface area contributed by atoms with Gasteiger partial charge in [-0.15, -0.1) is 0 Å². The summed E-state index contributed by atoms with van der Waals surface area (Å²) < 4.78 is 25.1. The number of benzene rings is 1. The Morgan fingerprint density at radius 1 is 1.47 bits per heavy atom. The van der Waals surface area contributed by atoms with Crippen LogP contribution in [-0.2, 0) is 9.47 Å². The molecule has 1 aromatic rings. The van der Waals surface area contributed by atoms with E-state index in [1.54, 1.807) is 6.07 Å². The molecule has 0 radical (unpaired) electrons. The molecule has 1 fully saturated rings. The molecule has 0 aromatic heterocycles. The zero-order valence-corrected chi connectivity index (χ0v) is 12.7. The van der Waals surface area contributed by atoms with Crippen molar-refractivity contribution in [2.24, 2.45) is 0 Å². The molecule has 6 heteroatoms. The lowest BCUT2D eigenvalue weighted by Crippen LogP contribution is -2.46. The number of ether oxygens (including phenoxy) is 2. The third-order valence-corrected chi connectivity index (χ3v) is 4.64. The van der Waals surface area contributed by atoms with Crippen molar-refractivity contribution < 1.29 is 18.7 Å². The van der Waals surface area contributed by atoms with E-state index in [1.807, 2.05) is 0 Å². The fraction of sp³-hybridized carbons (Fsp3) is 0.462. The molecule has 0 spiro atoms. The molecule has 1 aliphatic heterocycles. The summed E-state index contributed by atoms with van der Waals surface area (Å²) in [5.74, 6) is -1.10. The molecule has 3 nitrogen and oxygen atoms in total. The molecule has 19 heavy (non-hydrogen) atoms. The highest BCUT2D eigenvalue weighted by Crippen LogP contribution is 2.33. The zero-order valence-electron chi connectivity index (χ0n) is 10.3. The largest absolute Gasteiger partial charge is 0.381 e. The molecule has 2 rings (SSSR count). The van der Waals surface area contributed by atoms with E-state index in [1.165, 1.54) is 13.2 Å². The summed E-state index contributed by atoms with van der Waals surface area (Å²) in [6.07, 6.45) is 0.824. The first-order valence-corrected chi connectivity index (χ1v) is 7.00. The van der Waals surface area contributed by atoms with E-state index in [0.717, 1.165) is 0 Å². The van der Waals surface area contributed by atoms with Gasteiger partial charge < -0.3 is 9.47 Å². The second-order valence-corrected chi connectivity index (χ2v) is 5.60. The lowest BCUT2D eigenvalue weighted by molar-refractivity contribution is -0.0664. The number of hydrogen-bond donors (Lipinski definition) is 0.